The fourth-order valence-electron chi connectivity index (χ4n) is 1.18. The zero-order chi connectivity index (χ0) is 6.10. The highest BCUT2D eigenvalue weighted by Crippen LogP contribution is 2.06. The van der Waals surface area contributed by atoms with Crippen LogP contribution in [-0.4, -0.2) is 43.1 Å². The van der Waals surface area contributed by atoms with E-state index in [0.29, 0.717) is 6.04 Å². The Bertz CT molecular complexity index is 162. The highest BCUT2D eigenvalue weighted by atomic mass is 15.3. The molecule has 0 aromatic carbocycles. The molecule has 0 saturated carbocycles. The first-order valence-electron chi connectivity index (χ1n) is 3.21. The van der Waals surface area contributed by atoms with Crippen molar-refractivity contribution >= 4 is 12.6 Å². The minimum absolute atomic E-state index is 0.579. The quantitative estimate of drug-likeness (QED) is 0.438. The zero-order valence-corrected chi connectivity index (χ0v) is 5.20. The SMILES string of the molecule is C1=NCC2CN=CN2C1. The van der Waals surface area contributed by atoms with Gasteiger partial charge in [-0.1, -0.05) is 0 Å². The van der Waals surface area contributed by atoms with E-state index in [4.69, 9.17) is 0 Å². The van der Waals surface area contributed by atoms with Gasteiger partial charge < -0.3 is 4.90 Å². The summed E-state index contributed by atoms with van der Waals surface area (Å²) in [7, 11) is 0. The lowest BCUT2D eigenvalue weighted by atomic mass is 10.2. The number of fused-ring (bicyclic) bond motifs is 1. The van der Waals surface area contributed by atoms with Crippen LogP contribution in [0.3, 0.4) is 0 Å². The predicted molar refractivity (Wildman–Crippen MR) is 37.2 cm³/mol. The van der Waals surface area contributed by atoms with Gasteiger partial charge in [0.1, 0.15) is 0 Å². The van der Waals surface area contributed by atoms with Crippen molar-refractivity contribution < 1.29 is 0 Å². The normalized spacial score (nSPS) is 31.1. The minimum atomic E-state index is 0.579. The number of hydrogen-bond donors (Lipinski definition) is 0. The molecule has 0 aromatic rings. The Morgan fingerprint density at radius 2 is 2.22 bits per heavy atom. The fourth-order valence-corrected chi connectivity index (χ4v) is 1.18. The minimum Gasteiger partial charge on any atom is -0.351 e. The molecule has 0 spiro atoms. The molecule has 48 valence electrons. The first-order valence-corrected chi connectivity index (χ1v) is 3.21. The molecule has 0 amide bonds. The summed E-state index contributed by atoms with van der Waals surface area (Å²) in [6.07, 6.45) is 3.88. The largest absolute Gasteiger partial charge is 0.351 e. The van der Waals surface area contributed by atoms with Gasteiger partial charge in [0.2, 0.25) is 0 Å². The molecule has 0 aliphatic carbocycles. The van der Waals surface area contributed by atoms with Gasteiger partial charge in [0, 0.05) is 6.21 Å². The maximum atomic E-state index is 4.17. The molecular weight excluding hydrogens is 114 g/mol. The number of hydrogen-bond acceptors (Lipinski definition) is 3. The molecule has 2 aliphatic heterocycles. The molecule has 0 saturated heterocycles. The molecule has 1 unspecified atom stereocenters. The van der Waals surface area contributed by atoms with Gasteiger partial charge in [0.05, 0.1) is 32.0 Å². The van der Waals surface area contributed by atoms with Gasteiger partial charge in [-0.2, -0.15) is 0 Å². The van der Waals surface area contributed by atoms with Crippen LogP contribution in [0.2, 0.25) is 0 Å². The van der Waals surface area contributed by atoms with Crippen molar-refractivity contribution in [3.05, 3.63) is 0 Å². The van der Waals surface area contributed by atoms with E-state index in [0.717, 1.165) is 19.6 Å². The summed E-state index contributed by atoms with van der Waals surface area (Å²) in [5, 5.41) is 0. The molecule has 3 heteroatoms. The lowest BCUT2D eigenvalue weighted by Crippen LogP contribution is -2.38. The van der Waals surface area contributed by atoms with Crippen LogP contribution in [0.15, 0.2) is 9.98 Å². The van der Waals surface area contributed by atoms with Gasteiger partial charge in [-0.05, 0) is 0 Å². The summed E-state index contributed by atoms with van der Waals surface area (Å²) < 4.78 is 0. The van der Waals surface area contributed by atoms with Gasteiger partial charge in [0.15, 0.2) is 0 Å². The molecule has 2 heterocycles. The third-order valence-corrected chi connectivity index (χ3v) is 1.75. The van der Waals surface area contributed by atoms with Gasteiger partial charge in [0.25, 0.3) is 0 Å². The average Bonchev–Trinajstić information content (AvgIpc) is 2.33. The summed E-state index contributed by atoms with van der Waals surface area (Å²) in [5.74, 6) is 0. The molecule has 1 atom stereocenters. The summed E-state index contributed by atoms with van der Waals surface area (Å²) in [6, 6.07) is 0.579. The molecule has 0 N–H and O–H groups in total. The maximum absolute atomic E-state index is 4.17. The highest BCUT2D eigenvalue weighted by Gasteiger charge is 2.20. The van der Waals surface area contributed by atoms with Gasteiger partial charge in [-0.3, -0.25) is 9.98 Å². The van der Waals surface area contributed by atoms with Crippen LogP contribution in [-0.2, 0) is 0 Å². The molecule has 0 bridgehead atoms. The summed E-state index contributed by atoms with van der Waals surface area (Å²) in [4.78, 5) is 10.6. The number of rotatable bonds is 0. The lowest BCUT2D eigenvalue weighted by molar-refractivity contribution is 0.386. The van der Waals surface area contributed by atoms with Crippen LogP contribution < -0.4 is 0 Å². The molecular formula is C6H9N3. The van der Waals surface area contributed by atoms with Crippen LogP contribution in [0.4, 0.5) is 0 Å². The number of aliphatic imine (C=N–C) groups is 2. The molecule has 0 radical (unpaired) electrons. The van der Waals surface area contributed by atoms with E-state index in [9.17, 15) is 0 Å². The summed E-state index contributed by atoms with van der Waals surface area (Å²) in [5.41, 5.74) is 0. The van der Waals surface area contributed by atoms with Crippen molar-refractivity contribution in [2.45, 2.75) is 6.04 Å². The van der Waals surface area contributed by atoms with E-state index in [1.165, 1.54) is 0 Å². The van der Waals surface area contributed by atoms with E-state index < -0.39 is 0 Å². The van der Waals surface area contributed by atoms with Crippen molar-refractivity contribution in [3.8, 4) is 0 Å². The van der Waals surface area contributed by atoms with Gasteiger partial charge >= 0.3 is 0 Å². The van der Waals surface area contributed by atoms with E-state index >= 15 is 0 Å². The van der Waals surface area contributed by atoms with E-state index in [1.54, 1.807) is 0 Å². The first-order chi connectivity index (χ1) is 4.47. The van der Waals surface area contributed by atoms with Crippen LogP contribution in [0.5, 0.6) is 0 Å². The lowest BCUT2D eigenvalue weighted by Gasteiger charge is -2.23. The van der Waals surface area contributed by atoms with Gasteiger partial charge in [-0.15, -0.1) is 0 Å². The maximum Gasteiger partial charge on any atom is 0.0857 e. The third-order valence-electron chi connectivity index (χ3n) is 1.75. The second kappa shape index (κ2) is 1.83. The fraction of sp³-hybridized carbons (Fsp3) is 0.667. The van der Waals surface area contributed by atoms with Crippen LogP contribution in [0.25, 0.3) is 0 Å². The topological polar surface area (TPSA) is 28.0 Å². The van der Waals surface area contributed by atoms with Crippen molar-refractivity contribution in [3.63, 3.8) is 0 Å². The van der Waals surface area contributed by atoms with E-state index in [2.05, 4.69) is 14.9 Å². The Balaban J connectivity index is 2.13. The molecule has 2 aliphatic rings. The molecule has 2 rings (SSSR count). The second-order valence-corrected chi connectivity index (χ2v) is 2.38. The monoisotopic (exact) mass is 123 g/mol. The molecule has 3 nitrogen and oxygen atoms in total. The number of nitrogens with zero attached hydrogens (tertiary/aromatic N) is 3. The molecule has 0 fully saturated rings. The first kappa shape index (κ1) is 4.97. The predicted octanol–water partition coefficient (Wildman–Crippen LogP) is -0.217. The zero-order valence-electron chi connectivity index (χ0n) is 5.20. The van der Waals surface area contributed by atoms with Crippen LogP contribution in [0, 0.1) is 0 Å². The standard InChI is InChI=1S/C6H9N3/c1-2-9-5-8-4-6(9)3-7-1/h1,5-6H,2-4H2. The van der Waals surface area contributed by atoms with Crippen molar-refractivity contribution in [2.24, 2.45) is 9.98 Å². The van der Waals surface area contributed by atoms with E-state index in [-0.39, 0.29) is 0 Å². The smallest absolute Gasteiger partial charge is 0.0857 e. The Labute approximate surface area is 54.1 Å². The van der Waals surface area contributed by atoms with E-state index in [1.807, 2.05) is 12.6 Å². The van der Waals surface area contributed by atoms with Crippen LogP contribution >= 0.6 is 0 Å². The Morgan fingerprint density at radius 1 is 1.33 bits per heavy atom. The Hall–Kier alpha value is -0.860. The summed E-state index contributed by atoms with van der Waals surface area (Å²) in [6.45, 7) is 2.82. The van der Waals surface area contributed by atoms with Crippen molar-refractivity contribution in [1.29, 1.82) is 0 Å². The molecule has 0 aromatic heterocycles. The highest BCUT2D eigenvalue weighted by molar-refractivity contribution is 5.69. The second-order valence-electron chi connectivity index (χ2n) is 2.38. The van der Waals surface area contributed by atoms with Crippen molar-refractivity contribution in [2.75, 3.05) is 19.6 Å². The molecule has 9 heavy (non-hydrogen) atoms. The van der Waals surface area contributed by atoms with Crippen LogP contribution in [0.1, 0.15) is 0 Å². The van der Waals surface area contributed by atoms with Crippen molar-refractivity contribution in [1.82, 2.24) is 4.90 Å². The average molecular weight is 123 g/mol. The summed E-state index contributed by atoms with van der Waals surface area (Å²) >= 11 is 0. The Morgan fingerprint density at radius 3 is 3.11 bits per heavy atom. The third kappa shape index (κ3) is 0.724. The van der Waals surface area contributed by atoms with Gasteiger partial charge in [-0.25, -0.2) is 0 Å². The Kier molecular flexibility index (Phi) is 1.01.